The van der Waals surface area contributed by atoms with Crippen molar-refractivity contribution < 1.29 is 7.85 Å². The summed E-state index contributed by atoms with van der Waals surface area (Å²) in [4.78, 5) is 0. The van der Waals surface area contributed by atoms with Crippen LogP contribution < -0.4 is 0 Å². The maximum absolute atomic E-state index is 8.60. The minimum atomic E-state index is -0.381. The van der Waals surface area contributed by atoms with Crippen LogP contribution in [0.2, 0.25) is 0 Å². The van der Waals surface area contributed by atoms with Crippen molar-refractivity contribution in [1.82, 2.24) is 0 Å². The van der Waals surface area contributed by atoms with Gasteiger partial charge in [0.25, 0.3) is 0 Å². The molecule has 0 saturated heterocycles. The van der Waals surface area contributed by atoms with E-state index in [1.807, 2.05) is 6.07 Å². The van der Waals surface area contributed by atoms with Gasteiger partial charge in [-0.1, -0.05) is 42.4 Å². The number of aliphatic hydroxyl groups is 1. The van der Waals surface area contributed by atoms with E-state index in [2.05, 4.69) is 0 Å². The quantitative estimate of drug-likeness (QED) is 0.656. The predicted molar refractivity (Wildman–Crippen MR) is 42.6 cm³/mol. The lowest BCUT2D eigenvalue weighted by Gasteiger charge is -1.88. The Kier molecular flexibility index (Phi) is 1.81. The van der Waals surface area contributed by atoms with Crippen LogP contribution >= 0.6 is 0 Å². The second-order valence-corrected chi connectivity index (χ2v) is 1.83. The summed E-state index contributed by atoms with van der Waals surface area (Å²) in [5, 5.41) is 8.60. The SMILES string of the molecule is [2H]/C(CO)=C(\[2H])c1ccccc1. The monoisotopic (exact) mass is 136 g/mol. The molecule has 0 fully saturated rings. The Morgan fingerprint density at radius 2 is 2.10 bits per heavy atom. The molecule has 0 unspecified atom stereocenters. The summed E-state index contributed by atoms with van der Waals surface area (Å²) < 4.78 is 14.7. The molecule has 0 aromatic heterocycles. The molecule has 0 bridgehead atoms. The second kappa shape index (κ2) is 3.85. The Morgan fingerprint density at radius 3 is 2.70 bits per heavy atom. The lowest BCUT2D eigenvalue weighted by atomic mass is 10.2. The fourth-order valence-electron chi connectivity index (χ4n) is 0.663. The van der Waals surface area contributed by atoms with Gasteiger partial charge < -0.3 is 5.11 Å². The van der Waals surface area contributed by atoms with Crippen LogP contribution in [-0.2, 0) is 0 Å². The van der Waals surface area contributed by atoms with Gasteiger partial charge in [-0.2, -0.15) is 0 Å². The molecular weight excluding hydrogens is 124 g/mol. The van der Waals surface area contributed by atoms with Crippen LogP contribution in [-0.4, -0.2) is 11.7 Å². The molecule has 1 heteroatoms. The van der Waals surface area contributed by atoms with E-state index in [9.17, 15) is 0 Å². The molecule has 1 aromatic rings. The summed E-state index contributed by atoms with van der Waals surface area (Å²) in [6.45, 7) is -0.381. The topological polar surface area (TPSA) is 20.2 Å². The van der Waals surface area contributed by atoms with Gasteiger partial charge in [-0.25, -0.2) is 0 Å². The maximum atomic E-state index is 8.60. The molecule has 1 N–H and O–H groups in total. The van der Waals surface area contributed by atoms with E-state index >= 15 is 0 Å². The summed E-state index contributed by atoms with van der Waals surface area (Å²) in [5.41, 5.74) is 0.663. The first-order chi connectivity index (χ1) is 5.75. The molecule has 0 aliphatic rings. The van der Waals surface area contributed by atoms with E-state index in [-0.39, 0.29) is 18.7 Å². The average Bonchev–Trinajstić information content (AvgIpc) is 2.17. The van der Waals surface area contributed by atoms with Crippen LogP contribution in [0.25, 0.3) is 6.05 Å². The molecule has 1 aromatic carbocycles. The van der Waals surface area contributed by atoms with E-state index < -0.39 is 0 Å². The third-order valence-corrected chi connectivity index (χ3v) is 1.09. The van der Waals surface area contributed by atoms with Gasteiger partial charge in [0.15, 0.2) is 0 Å². The fourth-order valence-corrected chi connectivity index (χ4v) is 0.663. The Hall–Kier alpha value is -1.08. The van der Waals surface area contributed by atoms with E-state index in [4.69, 9.17) is 7.85 Å². The molecule has 10 heavy (non-hydrogen) atoms. The van der Waals surface area contributed by atoms with Crippen molar-refractivity contribution in [2.45, 2.75) is 0 Å². The number of rotatable bonds is 2. The summed E-state index contributed by atoms with van der Waals surface area (Å²) >= 11 is 0. The first kappa shape index (κ1) is 4.69. The Balaban J connectivity index is 3.00. The Labute approximate surface area is 63.4 Å². The van der Waals surface area contributed by atoms with Crippen molar-refractivity contribution in [2.75, 3.05) is 6.61 Å². The molecule has 0 aliphatic carbocycles. The third kappa shape index (κ3) is 2.03. The fraction of sp³-hybridized carbons (Fsp3) is 0.111. The van der Waals surface area contributed by atoms with Gasteiger partial charge in [-0.3, -0.25) is 0 Å². The molecule has 0 atom stereocenters. The van der Waals surface area contributed by atoms with Crippen molar-refractivity contribution in [3.05, 3.63) is 41.9 Å². The smallest absolute Gasteiger partial charge is 0.0627 e. The number of benzene rings is 1. The minimum absolute atomic E-state index is 0.0544. The van der Waals surface area contributed by atoms with Crippen LogP contribution in [0.15, 0.2) is 36.4 Å². The molecule has 0 saturated carbocycles. The van der Waals surface area contributed by atoms with E-state index in [0.717, 1.165) is 0 Å². The molecule has 0 aliphatic heterocycles. The molecule has 0 heterocycles. The summed E-state index contributed by atoms with van der Waals surface area (Å²) in [5.74, 6) is 0. The third-order valence-electron chi connectivity index (χ3n) is 1.09. The van der Waals surface area contributed by atoms with Gasteiger partial charge in [0, 0.05) is 0 Å². The zero-order valence-electron chi connectivity index (χ0n) is 7.54. The van der Waals surface area contributed by atoms with Gasteiger partial charge in [0.1, 0.15) is 0 Å². The molecule has 0 spiro atoms. The lowest BCUT2D eigenvalue weighted by Crippen LogP contribution is -1.72. The van der Waals surface area contributed by atoms with Crippen molar-refractivity contribution in [1.29, 1.82) is 0 Å². The number of hydrogen-bond donors (Lipinski definition) is 1. The Bertz CT molecular complexity index is 280. The largest absolute Gasteiger partial charge is 0.392 e. The van der Waals surface area contributed by atoms with Gasteiger partial charge in [-0.05, 0) is 5.56 Å². The first-order valence-corrected chi connectivity index (χ1v) is 3.08. The highest BCUT2D eigenvalue weighted by atomic mass is 16.2. The first-order valence-electron chi connectivity index (χ1n) is 4.08. The molecule has 1 nitrogen and oxygen atoms in total. The molecule has 1 rings (SSSR count). The standard InChI is InChI=1S/C9H10O/c10-8-4-7-9-5-2-1-3-6-9/h1-7,10H,8H2/b7-4-/i4D,7D. The molecule has 0 radical (unpaired) electrons. The summed E-state index contributed by atoms with van der Waals surface area (Å²) in [6, 6.07) is 8.96. The predicted octanol–water partition coefficient (Wildman–Crippen LogP) is 1.69. The maximum Gasteiger partial charge on any atom is 0.0627 e. The van der Waals surface area contributed by atoms with Gasteiger partial charge in [-0.15, -0.1) is 0 Å². The number of hydrogen-bond acceptors (Lipinski definition) is 1. The van der Waals surface area contributed by atoms with Crippen LogP contribution in [0.5, 0.6) is 0 Å². The van der Waals surface area contributed by atoms with Crippen LogP contribution in [0, 0.1) is 0 Å². The normalized spacial score (nSPS) is 15.3. The van der Waals surface area contributed by atoms with Gasteiger partial charge >= 0.3 is 0 Å². The zero-order valence-corrected chi connectivity index (χ0v) is 5.54. The molecule has 0 amide bonds. The lowest BCUT2D eigenvalue weighted by molar-refractivity contribution is 0.343. The highest BCUT2D eigenvalue weighted by Gasteiger charge is 1.79. The van der Waals surface area contributed by atoms with Crippen LogP contribution in [0.1, 0.15) is 8.30 Å². The van der Waals surface area contributed by atoms with Crippen LogP contribution in [0.4, 0.5) is 0 Å². The summed E-state index contributed by atoms with van der Waals surface area (Å²) in [7, 11) is 0. The van der Waals surface area contributed by atoms with E-state index in [1.165, 1.54) is 0 Å². The van der Waals surface area contributed by atoms with Crippen molar-refractivity contribution in [3.8, 4) is 0 Å². The van der Waals surface area contributed by atoms with Gasteiger partial charge in [0.05, 0.1) is 9.35 Å². The molecule has 52 valence electrons. The molecular formula is C9H10O. The van der Waals surface area contributed by atoms with Crippen molar-refractivity contribution in [3.63, 3.8) is 0 Å². The Morgan fingerprint density at radius 1 is 1.40 bits per heavy atom. The highest BCUT2D eigenvalue weighted by molar-refractivity contribution is 5.48. The number of aliphatic hydroxyl groups excluding tert-OH is 1. The summed E-state index contributed by atoms with van der Waals surface area (Å²) in [6.07, 6.45) is 0. The highest BCUT2D eigenvalue weighted by Crippen LogP contribution is 1.99. The minimum Gasteiger partial charge on any atom is -0.392 e. The van der Waals surface area contributed by atoms with E-state index in [1.54, 1.807) is 24.3 Å². The van der Waals surface area contributed by atoms with Crippen molar-refractivity contribution >= 4 is 6.05 Å². The second-order valence-electron chi connectivity index (χ2n) is 1.83. The van der Waals surface area contributed by atoms with E-state index in [0.29, 0.717) is 5.56 Å². The zero-order chi connectivity index (χ0) is 8.97. The average molecular weight is 136 g/mol. The van der Waals surface area contributed by atoms with Crippen molar-refractivity contribution in [2.24, 2.45) is 0 Å². The van der Waals surface area contributed by atoms with Crippen LogP contribution in [0.3, 0.4) is 0 Å². The van der Waals surface area contributed by atoms with Gasteiger partial charge in [0.2, 0.25) is 0 Å².